The van der Waals surface area contributed by atoms with E-state index in [1.165, 1.54) is 11.8 Å². The molecule has 0 aliphatic carbocycles. The highest BCUT2D eigenvalue weighted by molar-refractivity contribution is 7.99. The third-order valence-electron chi connectivity index (χ3n) is 6.16. The van der Waals surface area contributed by atoms with Crippen LogP contribution in [-0.4, -0.2) is 50.1 Å². The molecule has 0 saturated heterocycles. The van der Waals surface area contributed by atoms with Crippen LogP contribution in [0, 0.1) is 6.92 Å². The second kappa shape index (κ2) is 11.1. The lowest BCUT2D eigenvalue weighted by Crippen LogP contribution is -2.29. The summed E-state index contributed by atoms with van der Waals surface area (Å²) in [5.41, 5.74) is 3.72. The van der Waals surface area contributed by atoms with Crippen molar-refractivity contribution in [1.82, 2.24) is 20.1 Å². The first kappa shape index (κ1) is 26.2. The summed E-state index contributed by atoms with van der Waals surface area (Å²) in [6.45, 7) is 4.29. The predicted octanol–water partition coefficient (Wildman–Crippen LogP) is 3.48. The van der Waals surface area contributed by atoms with Crippen molar-refractivity contribution in [2.75, 3.05) is 6.54 Å². The Hall–Kier alpha value is -3.44. The molecule has 1 amide bonds. The molecule has 0 bridgehead atoms. The first-order valence-electron chi connectivity index (χ1n) is 12.1. The van der Waals surface area contributed by atoms with Crippen LogP contribution < -0.4 is 10.8 Å². The fraction of sp³-hybridized carbons (Fsp3) is 0.185. The minimum atomic E-state index is -1.54. The van der Waals surface area contributed by atoms with Crippen molar-refractivity contribution in [3.8, 4) is 5.69 Å². The molecule has 1 atom stereocenters. The Bertz CT molecular complexity index is 1520. The van der Waals surface area contributed by atoms with Crippen molar-refractivity contribution in [1.29, 1.82) is 0 Å². The average Bonchev–Trinajstić information content (AvgIpc) is 3.22. The number of hydrogen-bond donors (Lipinski definition) is 3. The van der Waals surface area contributed by atoms with Crippen LogP contribution in [-0.2, 0) is 4.79 Å². The van der Waals surface area contributed by atoms with E-state index >= 15 is 0 Å². The number of rotatable bonds is 7. The molecule has 0 fully saturated rings. The topological polar surface area (TPSA) is 113 Å². The van der Waals surface area contributed by atoms with Gasteiger partial charge in [-0.3, -0.25) is 14.4 Å². The van der Waals surface area contributed by atoms with Crippen molar-refractivity contribution in [3.63, 3.8) is 0 Å². The molecule has 1 aliphatic heterocycles. The third kappa shape index (κ3) is 5.39. The fourth-order valence-corrected chi connectivity index (χ4v) is 5.49. The zero-order valence-corrected chi connectivity index (χ0v) is 22.4. The number of amides is 1. The highest BCUT2D eigenvalue weighted by Crippen LogP contribution is 2.36. The lowest BCUT2D eigenvalue weighted by atomic mass is 9.80. The molecule has 0 spiro atoms. The highest BCUT2D eigenvalue weighted by atomic mass is 35.5. The molecule has 3 aromatic carbocycles. The van der Waals surface area contributed by atoms with Gasteiger partial charge in [-0.25, -0.2) is 0 Å². The SMILES string of the molecule is CCNC(=O)CC1N=C(c2ccc(Cl)cc2)c2cc(Sc3cccc(B(O)O)c3)ccc2-n2c(C)nnc21. The summed E-state index contributed by atoms with van der Waals surface area (Å²) in [5, 5.41) is 31.4. The number of carbonyl (C=O) groups is 1. The maximum absolute atomic E-state index is 12.6. The fourth-order valence-electron chi connectivity index (χ4n) is 4.43. The van der Waals surface area contributed by atoms with E-state index in [1.807, 2.05) is 66.9 Å². The Morgan fingerprint density at radius 3 is 2.58 bits per heavy atom. The number of hydrogen-bond acceptors (Lipinski definition) is 7. The van der Waals surface area contributed by atoms with Crippen LogP contribution in [0.25, 0.3) is 5.69 Å². The third-order valence-corrected chi connectivity index (χ3v) is 7.39. The maximum atomic E-state index is 12.6. The summed E-state index contributed by atoms with van der Waals surface area (Å²) in [7, 11) is -1.54. The first-order chi connectivity index (χ1) is 18.3. The molecule has 11 heteroatoms. The summed E-state index contributed by atoms with van der Waals surface area (Å²) in [6.07, 6.45) is 0.134. The lowest BCUT2D eigenvalue weighted by Gasteiger charge is -2.14. The molecule has 0 saturated carbocycles. The van der Waals surface area contributed by atoms with E-state index in [2.05, 4.69) is 15.5 Å². The lowest BCUT2D eigenvalue weighted by molar-refractivity contribution is -0.121. The molecule has 3 N–H and O–H groups in total. The Morgan fingerprint density at radius 1 is 1.08 bits per heavy atom. The largest absolute Gasteiger partial charge is 0.488 e. The van der Waals surface area contributed by atoms with E-state index in [0.29, 0.717) is 28.7 Å². The molecule has 8 nitrogen and oxygen atoms in total. The number of carbonyl (C=O) groups excluding carboxylic acids is 1. The van der Waals surface area contributed by atoms with Crippen molar-refractivity contribution in [2.45, 2.75) is 36.1 Å². The van der Waals surface area contributed by atoms with E-state index in [-0.39, 0.29) is 12.3 Å². The zero-order chi connectivity index (χ0) is 26.8. The summed E-state index contributed by atoms with van der Waals surface area (Å²) >= 11 is 7.69. The first-order valence-corrected chi connectivity index (χ1v) is 13.3. The maximum Gasteiger partial charge on any atom is 0.488 e. The van der Waals surface area contributed by atoms with Crippen molar-refractivity contribution < 1.29 is 14.8 Å². The van der Waals surface area contributed by atoms with Crippen LogP contribution in [0.1, 0.15) is 42.2 Å². The Labute approximate surface area is 229 Å². The number of aryl methyl sites for hydroxylation is 1. The number of nitrogens with one attached hydrogen (secondary N) is 1. The zero-order valence-electron chi connectivity index (χ0n) is 20.8. The van der Waals surface area contributed by atoms with Crippen LogP contribution in [0.3, 0.4) is 0 Å². The number of benzene rings is 3. The van der Waals surface area contributed by atoms with E-state index in [1.54, 1.807) is 18.2 Å². The smallest absolute Gasteiger partial charge is 0.423 e. The van der Waals surface area contributed by atoms with Crippen LogP contribution in [0.15, 0.2) is 81.5 Å². The monoisotopic (exact) mass is 545 g/mol. The van der Waals surface area contributed by atoms with Crippen LogP contribution in [0.5, 0.6) is 0 Å². The second-order valence-corrected chi connectivity index (χ2v) is 10.4. The highest BCUT2D eigenvalue weighted by Gasteiger charge is 2.30. The Balaban J connectivity index is 1.66. The van der Waals surface area contributed by atoms with Crippen molar-refractivity contribution in [3.05, 3.63) is 94.5 Å². The van der Waals surface area contributed by atoms with Gasteiger partial charge in [-0.2, -0.15) is 0 Å². The summed E-state index contributed by atoms with van der Waals surface area (Å²) in [4.78, 5) is 19.5. The van der Waals surface area contributed by atoms with Gasteiger partial charge >= 0.3 is 7.12 Å². The summed E-state index contributed by atoms with van der Waals surface area (Å²) in [5.74, 6) is 1.18. The number of nitrogens with zero attached hydrogens (tertiary/aromatic N) is 4. The molecule has 0 radical (unpaired) electrons. The van der Waals surface area contributed by atoms with Gasteiger partial charge in [-0.1, -0.05) is 47.6 Å². The van der Waals surface area contributed by atoms with Gasteiger partial charge < -0.3 is 15.4 Å². The van der Waals surface area contributed by atoms with E-state index in [0.717, 1.165) is 32.3 Å². The van der Waals surface area contributed by atoms with E-state index < -0.39 is 13.2 Å². The Morgan fingerprint density at radius 2 is 1.84 bits per heavy atom. The molecule has 1 unspecified atom stereocenters. The van der Waals surface area contributed by atoms with Gasteiger partial charge in [0.2, 0.25) is 5.91 Å². The van der Waals surface area contributed by atoms with E-state index in [9.17, 15) is 14.8 Å². The van der Waals surface area contributed by atoms with Crippen LogP contribution >= 0.6 is 23.4 Å². The molecular weight excluding hydrogens is 521 g/mol. The molecule has 1 aliphatic rings. The molecular formula is C27H25BClN5O3S. The Kier molecular flexibility index (Phi) is 7.67. The number of halogens is 1. The molecule has 2 heterocycles. The molecule has 38 heavy (non-hydrogen) atoms. The quantitative estimate of drug-likeness (QED) is 0.307. The average molecular weight is 546 g/mol. The standard InChI is InChI=1S/C27H25BClN5O3S/c1-3-30-25(35)15-23-27-33-32-16(2)34(27)24-12-11-21(38-20-6-4-5-18(13-20)28(36)37)14-22(24)26(31-23)17-7-9-19(29)10-8-17/h4-14,23,36-37H,3,15H2,1-2H3,(H,30,35). The minimum absolute atomic E-state index is 0.114. The summed E-state index contributed by atoms with van der Waals surface area (Å²) in [6, 6.07) is 20.1. The number of aromatic nitrogens is 3. The minimum Gasteiger partial charge on any atom is -0.423 e. The second-order valence-electron chi connectivity index (χ2n) is 8.83. The van der Waals surface area contributed by atoms with Crippen LogP contribution in [0.4, 0.5) is 0 Å². The number of aliphatic imine (C=N–C) groups is 1. The normalized spacial score (nSPS) is 14.2. The van der Waals surface area contributed by atoms with Gasteiger partial charge in [-0.15, -0.1) is 10.2 Å². The number of fused-ring (bicyclic) bond motifs is 3. The van der Waals surface area contributed by atoms with Crippen LogP contribution in [0.2, 0.25) is 5.02 Å². The van der Waals surface area contributed by atoms with Gasteiger partial charge in [0.25, 0.3) is 0 Å². The van der Waals surface area contributed by atoms with Crippen molar-refractivity contribution >= 4 is 47.6 Å². The predicted molar refractivity (Wildman–Crippen MR) is 150 cm³/mol. The van der Waals surface area contributed by atoms with Gasteiger partial charge in [-0.05, 0) is 61.8 Å². The molecule has 1 aromatic heterocycles. The summed E-state index contributed by atoms with van der Waals surface area (Å²) < 4.78 is 1.96. The molecule has 5 rings (SSSR count). The van der Waals surface area contributed by atoms with Gasteiger partial charge in [0.15, 0.2) is 5.82 Å². The van der Waals surface area contributed by atoms with Gasteiger partial charge in [0, 0.05) is 32.5 Å². The van der Waals surface area contributed by atoms with Gasteiger partial charge in [0.05, 0.1) is 17.8 Å². The van der Waals surface area contributed by atoms with E-state index in [4.69, 9.17) is 16.6 Å². The molecule has 4 aromatic rings. The van der Waals surface area contributed by atoms with Crippen molar-refractivity contribution in [2.24, 2.45) is 4.99 Å². The molecule has 192 valence electrons. The van der Waals surface area contributed by atoms with Gasteiger partial charge in [0.1, 0.15) is 11.9 Å².